The van der Waals surface area contributed by atoms with E-state index in [1.807, 2.05) is 0 Å². The number of hydrogen-bond acceptors (Lipinski definition) is 1. The summed E-state index contributed by atoms with van der Waals surface area (Å²) in [5.74, 6) is 0.740. The molecule has 1 heteroatoms. The molecule has 0 aliphatic heterocycles. The third kappa shape index (κ3) is 5.08. The summed E-state index contributed by atoms with van der Waals surface area (Å²) < 4.78 is 0. The van der Waals surface area contributed by atoms with Crippen molar-refractivity contribution in [2.75, 3.05) is 19.6 Å². The van der Waals surface area contributed by atoms with Crippen LogP contribution in [-0.4, -0.2) is 24.5 Å². The maximum atomic E-state index is 4.08. The number of nitrogens with zero attached hydrogens (tertiary/aromatic N) is 1. The summed E-state index contributed by atoms with van der Waals surface area (Å²) >= 11 is 0. The standard InChI is InChI=1S/C16H29N/c1-5-11-17(12-6-2)13-15-7-9-16(10-8-15)14(3)4/h7,16H,3,5-6,8-13H2,1-2,4H3/t16-/m1/s1. The fourth-order valence-electron chi connectivity index (χ4n) is 2.67. The Labute approximate surface area is 108 Å². The molecule has 0 heterocycles. The summed E-state index contributed by atoms with van der Waals surface area (Å²) in [7, 11) is 0. The van der Waals surface area contributed by atoms with E-state index >= 15 is 0 Å². The molecule has 0 unspecified atom stereocenters. The smallest absolute Gasteiger partial charge is 0.0192 e. The topological polar surface area (TPSA) is 3.24 Å². The molecule has 0 aromatic rings. The average Bonchev–Trinajstić information content (AvgIpc) is 2.30. The van der Waals surface area contributed by atoms with E-state index in [0.29, 0.717) is 0 Å². The molecule has 0 fully saturated rings. The van der Waals surface area contributed by atoms with Gasteiger partial charge in [-0.1, -0.05) is 37.6 Å². The molecule has 98 valence electrons. The van der Waals surface area contributed by atoms with Gasteiger partial charge in [-0.3, -0.25) is 4.90 Å². The van der Waals surface area contributed by atoms with E-state index < -0.39 is 0 Å². The quantitative estimate of drug-likeness (QED) is 0.591. The minimum Gasteiger partial charge on any atom is -0.299 e. The summed E-state index contributed by atoms with van der Waals surface area (Å²) in [6.45, 7) is 14.5. The van der Waals surface area contributed by atoms with Crippen LogP contribution >= 0.6 is 0 Å². The molecule has 1 atom stereocenters. The highest BCUT2D eigenvalue weighted by atomic mass is 15.1. The van der Waals surface area contributed by atoms with Gasteiger partial charge in [-0.15, -0.1) is 0 Å². The second kappa shape index (κ2) is 7.71. The molecule has 1 aliphatic rings. The normalized spacial score (nSPS) is 20.5. The Balaban J connectivity index is 2.43. The van der Waals surface area contributed by atoms with Crippen LogP contribution in [0.1, 0.15) is 52.9 Å². The van der Waals surface area contributed by atoms with Crippen molar-refractivity contribution in [1.82, 2.24) is 4.90 Å². The summed E-state index contributed by atoms with van der Waals surface area (Å²) in [6.07, 6.45) is 8.82. The predicted octanol–water partition coefficient (Wildman–Crippen LogP) is 4.41. The molecule has 0 aromatic heterocycles. The van der Waals surface area contributed by atoms with Crippen LogP contribution in [0.5, 0.6) is 0 Å². The Morgan fingerprint density at radius 3 is 2.41 bits per heavy atom. The summed E-state index contributed by atoms with van der Waals surface area (Å²) in [5.41, 5.74) is 3.02. The molecule has 0 saturated heterocycles. The van der Waals surface area contributed by atoms with Gasteiger partial charge in [0.25, 0.3) is 0 Å². The molecule has 0 radical (unpaired) electrons. The minimum atomic E-state index is 0.740. The van der Waals surface area contributed by atoms with Gasteiger partial charge in [0.2, 0.25) is 0 Å². The first-order chi connectivity index (χ1) is 8.17. The molecule has 1 aliphatic carbocycles. The van der Waals surface area contributed by atoms with Crippen molar-refractivity contribution in [3.63, 3.8) is 0 Å². The number of rotatable bonds is 7. The van der Waals surface area contributed by atoms with Crippen LogP contribution in [0.15, 0.2) is 23.8 Å². The van der Waals surface area contributed by atoms with Gasteiger partial charge >= 0.3 is 0 Å². The Kier molecular flexibility index (Phi) is 6.57. The monoisotopic (exact) mass is 235 g/mol. The highest BCUT2D eigenvalue weighted by molar-refractivity contribution is 5.13. The molecule has 0 spiro atoms. The highest BCUT2D eigenvalue weighted by Gasteiger charge is 2.16. The molecule has 1 rings (SSSR count). The van der Waals surface area contributed by atoms with E-state index in [-0.39, 0.29) is 0 Å². The molecular formula is C16H29N. The molecule has 0 aromatic carbocycles. The van der Waals surface area contributed by atoms with Crippen molar-refractivity contribution in [3.8, 4) is 0 Å². The Bertz CT molecular complexity index is 259. The first kappa shape index (κ1) is 14.5. The Morgan fingerprint density at radius 2 is 2.00 bits per heavy atom. The van der Waals surface area contributed by atoms with Crippen LogP contribution in [0.2, 0.25) is 0 Å². The van der Waals surface area contributed by atoms with Crippen LogP contribution in [0.3, 0.4) is 0 Å². The van der Waals surface area contributed by atoms with Gasteiger partial charge in [-0.05, 0) is 58.0 Å². The van der Waals surface area contributed by atoms with E-state index in [2.05, 4.69) is 38.3 Å². The van der Waals surface area contributed by atoms with E-state index in [4.69, 9.17) is 0 Å². The van der Waals surface area contributed by atoms with Crippen molar-refractivity contribution in [2.45, 2.75) is 52.9 Å². The SMILES string of the molecule is C=C(C)[C@@H]1CC=C(CN(CCC)CCC)CC1. The van der Waals surface area contributed by atoms with Crippen LogP contribution in [-0.2, 0) is 0 Å². The lowest BCUT2D eigenvalue weighted by Gasteiger charge is -2.27. The largest absolute Gasteiger partial charge is 0.299 e. The van der Waals surface area contributed by atoms with Gasteiger partial charge in [-0.2, -0.15) is 0 Å². The summed E-state index contributed by atoms with van der Waals surface area (Å²) in [4.78, 5) is 2.60. The predicted molar refractivity (Wildman–Crippen MR) is 77.3 cm³/mol. The lowest BCUT2D eigenvalue weighted by atomic mass is 9.85. The van der Waals surface area contributed by atoms with Crippen molar-refractivity contribution >= 4 is 0 Å². The minimum absolute atomic E-state index is 0.740. The van der Waals surface area contributed by atoms with Crippen molar-refractivity contribution in [2.24, 2.45) is 5.92 Å². The molecule has 0 bridgehead atoms. The molecular weight excluding hydrogens is 206 g/mol. The second-order valence-electron chi connectivity index (χ2n) is 5.46. The van der Waals surface area contributed by atoms with Crippen molar-refractivity contribution < 1.29 is 0 Å². The van der Waals surface area contributed by atoms with Gasteiger partial charge in [0.15, 0.2) is 0 Å². The molecule has 0 N–H and O–H groups in total. The summed E-state index contributed by atoms with van der Waals surface area (Å²) in [5, 5.41) is 0. The zero-order chi connectivity index (χ0) is 12.7. The number of allylic oxidation sites excluding steroid dienone is 2. The van der Waals surface area contributed by atoms with Crippen LogP contribution < -0.4 is 0 Å². The second-order valence-corrected chi connectivity index (χ2v) is 5.46. The summed E-state index contributed by atoms with van der Waals surface area (Å²) in [6, 6.07) is 0. The van der Waals surface area contributed by atoms with Crippen LogP contribution in [0, 0.1) is 5.92 Å². The molecule has 1 nitrogen and oxygen atoms in total. The van der Waals surface area contributed by atoms with E-state index in [1.165, 1.54) is 57.3 Å². The highest BCUT2D eigenvalue weighted by Crippen LogP contribution is 2.28. The third-order valence-corrected chi connectivity index (χ3v) is 3.71. The zero-order valence-corrected chi connectivity index (χ0v) is 12.0. The Morgan fingerprint density at radius 1 is 1.35 bits per heavy atom. The van der Waals surface area contributed by atoms with Crippen LogP contribution in [0.25, 0.3) is 0 Å². The van der Waals surface area contributed by atoms with Gasteiger partial charge in [-0.25, -0.2) is 0 Å². The first-order valence-electron chi connectivity index (χ1n) is 7.23. The van der Waals surface area contributed by atoms with Gasteiger partial charge in [0.05, 0.1) is 0 Å². The average molecular weight is 235 g/mol. The fourth-order valence-corrected chi connectivity index (χ4v) is 2.67. The zero-order valence-electron chi connectivity index (χ0n) is 12.0. The van der Waals surface area contributed by atoms with Crippen molar-refractivity contribution in [1.29, 1.82) is 0 Å². The van der Waals surface area contributed by atoms with E-state index in [0.717, 1.165) is 5.92 Å². The lowest BCUT2D eigenvalue weighted by Crippen LogP contribution is -2.28. The lowest BCUT2D eigenvalue weighted by molar-refractivity contribution is 0.291. The molecule has 17 heavy (non-hydrogen) atoms. The maximum absolute atomic E-state index is 4.08. The fraction of sp³-hybridized carbons (Fsp3) is 0.750. The molecule has 0 saturated carbocycles. The third-order valence-electron chi connectivity index (χ3n) is 3.71. The van der Waals surface area contributed by atoms with Gasteiger partial charge in [0, 0.05) is 6.54 Å². The van der Waals surface area contributed by atoms with Crippen LogP contribution in [0.4, 0.5) is 0 Å². The van der Waals surface area contributed by atoms with E-state index in [1.54, 1.807) is 5.57 Å². The maximum Gasteiger partial charge on any atom is 0.0192 e. The van der Waals surface area contributed by atoms with Gasteiger partial charge < -0.3 is 0 Å². The van der Waals surface area contributed by atoms with Gasteiger partial charge in [0.1, 0.15) is 0 Å². The Hall–Kier alpha value is -0.560. The van der Waals surface area contributed by atoms with Crippen molar-refractivity contribution in [3.05, 3.63) is 23.8 Å². The molecule has 0 amide bonds. The number of hydrogen-bond donors (Lipinski definition) is 0. The first-order valence-corrected chi connectivity index (χ1v) is 7.23. The van der Waals surface area contributed by atoms with E-state index in [9.17, 15) is 0 Å².